The average Bonchev–Trinajstić information content (AvgIpc) is 2.43. The van der Waals surface area contributed by atoms with Crippen molar-refractivity contribution >= 4 is 11.8 Å². The summed E-state index contributed by atoms with van der Waals surface area (Å²) in [6.45, 7) is 3.79. The first-order valence-corrected chi connectivity index (χ1v) is 6.75. The van der Waals surface area contributed by atoms with Gasteiger partial charge in [0.05, 0.1) is 12.2 Å². The van der Waals surface area contributed by atoms with Crippen molar-refractivity contribution in [3.8, 4) is 0 Å². The van der Waals surface area contributed by atoms with Gasteiger partial charge >= 0.3 is 0 Å². The fraction of sp³-hybridized carbons (Fsp3) is 0.571. The lowest BCUT2D eigenvalue weighted by Gasteiger charge is -2.14. The first kappa shape index (κ1) is 15.3. The van der Waals surface area contributed by atoms with Gasteiger partial charge in [0, 0.05) is 27.7 Å². The van der Waals surface area contributed by atoms with Gasteiger partial charge in [0.2, 0.25) is 0 Å². The Morgan fingerprint density at radius 1 is 1.32 bits per heavy atom. The van der Waals surface area contributed by atoms with Crippen molar-refractivity contribution in [2.24, 2.45) is 4.99 Å². The molecule has 106 valence electrons. The van der Waals surface area contributed by atoms with Crippen LogP contribution in [0.5, 0.6) is 0 Å². The minimum absolute atomic E-state index is 0.674. The van der Waals surface area contributed by atoms with Crippen LogP contribution in [0, 0.1) is 0 Å². The maximum absolute atomic E-state index is 4.56. The van der Waals surface area contributed by atoms with Crippen molar-refractivity contribution in [2.45, 2.75) is 26.3 Å². The highest BCUT2D eigenvalue weighted by Crippen LogP contribution is 2.07. The molecule has 0 saturated heterocycles. The second-order valence-electron chi connectivity index (χ2n) is 4.59. The zero-order chi connectivity index (χ0) is 14.1. The van der Waals surface area contributed by atoms with Crippen molar-refractivity contribution in [2.75, 3.05) is 32.6 Å². The first-order valence-electron chi connectivity index (χ1n) is 6.75. The van der Waals surface area contributed by atoms with Crippen LogP contribution in [0.15, 0.2) is 23.2 Å². The number of hydrogen-bond acceptors (Lipinski definition) is 3. The highest BCUT2D eigenvalue weighted by atomic mass is 15.2. The molecule has 0 aliphatic carbocycles. The van der Waals surface area contributed by atoms with E-state index in [2.05, 4.69) is 27.5 Å². The molecule has 0 atom stereocenters. The third-order valence-corrected chi connectivity index (χ3v) is 2.73. The molecule has 0 radical (unpaired) electrons. The number of nitrogens with one attached hydrogen (secondary N) is 2. The molecule has 5 nitrogen and oxygen atoms in total. The lowest BCUT2D eigenvalue weighted by Crippen LogP contribution is -2.37. The fourth-order valence-electron chi connectivity index (χ4n) is 1.59. The van der Waals surface area contributed by atoms with Crippen LogP contribution in [-0.2, 0) is 6.54 Å². The molecule has 0 spiro atoms. The van der Waals surface area contributed by atoms with Crippen LogP contribution < -0.4 is 15.5 Å². The predicted octanol–water partition coefficient (Wildman–Crippen LogP) is 1.61. The van der Waals surface area contributed by atoms with E-state index in [0.717, 1.165) is 30.4 Å². The second kappa shape index (κ2) is 8.34. The molecule has 0 aromatic carbocycles. The van der Waals surface area contributed by atoms with E-state index < -0.39 is 0 Å². The predicted molar refractivity (Wildman–Crippen MR) is 81.7 cm³/mol. The van der Waals surface area contributed by atoms with Gasteiger partial charge in [-0.1, -0.05) is 19.4 Å². The highest BCUT2D eigenvalue weighted by Gasteiger charge is 2.01. The lowest BCUT2D eigenvalue weighted by atomic mass is 10.3. The van der Waals surface area contributed by atoms with Crippen LogP contribution in [0.25, 0.3) is 0 Å². The second-order valence-corrected chi connectivity index (χ2v) is 4.59. The van der Waals surface area contributed by atoms with Crippen LogP contribution in [0.2, 0.25) is 0 Å². The largest absolute Gasteiger partial charge is 0.363 e. The molecule has 0 aliphatic rings. The SMILES string of the molecule is CCCCNC(=NC)NCc1cccc(N(C)C)n1. The number of unbranched alkanes of at least 4 members (excludes halogenated alkanes) is 1. The van der Waals surface area contributed by atoms with Crippen molar-refractivity contribution in [3.63, 3.8) is 0 Å². The number of pyridine rings is 1. The molecule has 0 unspecified atom stereocenters. The number of aromatic nitrogens is 1. The van der Waals surface area contributed by atoms with Gasteiger partial charge in [-0.05, 0) is 18.6 Å². The Kier molecular flexibility index (Phi) is 6.71. The van der Waals surface area contributed by atoms with Crippen molar-refractivity contribution < 1.29 is 0 Å². The maximum atomic E-state index is 4.56. The molecular formula is C14H25N5. The summed E-state index contributed by atoms with van der Waals surface area (Å²) in [5, 5.41) is 6.55. The zero-order valence-corrected chi connectivity index (χ0v) is 12.4. The van der Waals surface area contributed by atoms with Gasteiger partial charge in [0.25, 0.3) is 0 Å². The number of aliphatic imine (C=N–C) groups is 1. The number of guanidine groups is 1. The van der Waals surface area contributed by atoms with E-state index in [1.54, 1.807) is 7.05 Å². The Bertz CT molecular complexity index is 401. The first-order chi connectivity index (χ1) is 9.17. The van der Waals surface area contributed by atoms with Crippen LogP contribution in [0.4, 0.5) is 5.82 Å². The Hall–Kier alpha value is -1.78. The van der Waals surface area contributed by atoms with E-state index in [1.165, 1.54) is 6.42 Å². The standard InChI is InChI=1S/C14H25N5/c1-5-6-10-16-14(15-2)17-11-12-8-7-9-13(18-12)19(3)4/h7-9H,5-6,10-11H2,1-4H3,(H2,15,16,17). The molecule has 1 aromatic rings. The summed E-state index contributed by atoms with van der Waals surface area (Å²) in [5.41, 5.74) is 1.00. The van der Waals surface area contributed by atoms with E-state index in [4.69, 9.17) is 0 Å². The molecule has 1 aromatic heterocycles. The molecule has 0 amide bonds. The molecule has 5 heteroatoms. The maximum Gasteiger partial charge on any atom is 0.191 e. The molecule has 1 heterocycles. The van der Waals surface area contributed by atoms with Gasteiger partial charge in [-0.3, -0.25) is 4.99 Å². The van der Waals surface area contributed by atoms with Crippen LogP contribution in [-0.4, -0.2) is 38.6 Å². The van der Waals surface area contributed by atoms with Gasteiger partial charge in [-0.25, -0.2) is 4.98 Å². The van der Waals surface area contributed by atoms with E-state index >= 15 is 0 Å². The molecule has 19 heavy (non-hydrogen) atoms. The Morgan fingerprint density at radius 2 is 2.11 bits per heavy atom. The summed E-state index contributed by atoms with van der Waals surface area (Å²) in [5.74, 6) is 1.79. The van der Waals surface area contributed by atoms with Crippen LogP contribution in [0.1, 0.15) is 25.5 Å². The number of rotatable bonds is 6. The monoisotopic (exact) mass is 263 g/mol. The van der Waals surface area contributed by atoms with E-state index in [9.17, 15) is 0 Å². The minimum Gasteiger partial charge on any atom is -0.363 e. The summed E-state index contributed by atoms with van der Waals surface area (Å²) in [7, 11) is 5.76. The van der Waals surface area contributed by atoms with Gasteiger partial charge in [-0.2, -0.15) is 0 Å². The third kappa shape index (κ3) is 5.59. The quantitative estimate of drug-likeness (QED) is 0.465. The molecule has 0 bridgehead atoms. The van der Waals surface area contributed by atoms with Crippen molar-refractivity contribution in [1.82, 2.24) is 15.6 Å². The van der Waals surface area contributed by atoms with E-state index in [1.807, 2.05) is 37.2 Å². The van der Waals surface area contributed by atoms with Gasteiger partial charge < -0.3 is 15.5 Å². The van der Waals surface area contributed by atoms with Gasteiger partial charge in [0.1, 0.15) is 5.82 Å². The van der Waals surface area contributed by atoms with E-state index in [-0.39, 0.29) is 0 Å². The smallest absolute Gasteiger partial charge is 0.191 e. The Morgan fingerprint density at radius 3 is 2.74 bits per heavy atom. The van der Waals surface area contributed by atoms with Crippen LogP contribution in [0.3, 0.4) is 0 Å². The number of nitrogens with zero attached hydrogens (tertiary/aromatic N) is 3. The lowest BCUT2D eigenvalue weighted by molar-refractivity contribution is 0.725. The Labute approximate surface area is 116 Å². The topological polar surface area (TPSA) is 52.6 Å². The molecule has 0 fully saturated rings. The minimum atomic E-state index is 0.674. The average molecular weight is 263 g/mol. The zero-order valence-electron chi connectivity index (χ0n) is 12.4. The number of hydrogen-bond donors (Lipinski definition) is 2. The number of anilines is 1. The van der Waals surface area contributed by atoms with Crippen molar-refractivity contribution in [3.05, 3.63) is 23.9 Å². The normalized spacial score (nSPS) is 11.3. The van der Waals surface area contributed by atoms with Crippen molar-refractivity contribution in [1.29, 1.82) is 0 Å². The van der Waals surface area contributed by atoms with Crippen LogP contribution >= 0.6 is 0 Å². The molecule has 2 N–H and O–H groups in total. The fourth-order valence-corrected chi connectivity index (χ4v) is 1.59. The Balaban J connectivity index is 2.48. The summed E-state index contributed by atoms with van der Waals surface area (Å²) >= 11 is 0. The summed E-state index contributed by atoms with van der Waals surface area (Å²) in [6.07, 6.45) is 2.32. The molecule has 1 rings (SSSR count). The van der Waals surface area contributed by atoms with E-state index in [0.29, 0.717) is 6.54 Å². The summed E-state index contributed by atoms with van der Waals surface area (Å²) in [6, 6.07) is 6.03. The molecule has 0 saturated carbocycles. The van der Waals surface area contributed by atoms with Gasteiger partial charge in [-0.15, -0.1) is 0 Å². The summed E-state index contributed by atoms with van der Waals surface area (Å²) < 4.78 is 0. The summed E-state index contributed by atoms with van der Waals surface area (Å²) in [4.78, 5) is 10.7. The molecular weight excluding hydrogens is 238 g/mol. The highest BCUT2D eigenvalue weighted by molar-refractivity contribution is 5.79. The van der Waals surface area contributed by atoms with Gasteiger partial charge in [0.15, 0.2) is 5.96 Å². The third-order valence-electron chi connectivity index (χ3n) is 2.73. The molecule has 0 aliphatic heterocycles.